The van der Waals surface area contributed by atoms with E-state index in [-0.39, 0.29) is 60.2 Å². The number of likely N-dealkylation sites (N-methyl/N-ethyl adjacent to an activating group) is 1. The molecule has 2 N–H and O–H groups in total. The van der Waals surface area contributed by atoms with E-state index in [2.05, 4.69) is 10.3 Å². The number of rotatable bonds is 9. The van der Waals surface area contributed by atoms with Crippen LogP contribution in [0.25, 0.3) is 10.9 Å². The molecule has 13 heteroatoms. The van der Waals surface area contributed by atoms with Gasteiger partial charge in [0.2, 0.25) is 5.91 Å². The number of amides is 2. The number of fused-ring (bicyclic) bond motifs is 2. The molecule has 0 aliphatic carbocycles. The first-order valence-electron chi connectivity index (χ1n) is 14.4. The summed E-state index contributed by atoms with van der Waals surface area (Å²) >= 11 is 0. The van der Waals surface area contributed by atoms with Gasteiger partial charge in [-0.2, -0.15) is 4.31 Å². The maximum absolute atomic E-state index is 13.8. The summed E-state index contributed by atoms with van der Waals surface area (Å²) in [4.78, 5) is 32.5. The zero-order chi connectivity index (χ0) is 31.8. The third-order valence-corrected chi connectivity index (χ3v) is 9.78. The van der Waals surface area contributed by atoms with E-state index in [1.54, 1.807) is 41.6 Å². The minimum absolute atomic E-state index is 0.00142. The Bertz CT molecular complexity index is 1800. The van der Waals surface area contributed by atoms with Crippen molar-refractivity contribution in [2.75, 3.05) is 32.1 Å². The van der Waals surface area contributed by atoms with E-state index in [9.17, 15) is 23.1 Å². The Morgan fingerprint density at radius 1 is 1.20 bits per heavy atom. The summed E-state index contributed by atoms with van der Waals surface area (Å²) in [6, 6.07) is 12.2. The van der Waals surface area contributed by atoms with Crippen LogP contribution in [0.3, 0.4) is 0 Å². The Morgan fingerprint density at radius 2 is 1.95 bits per heavy atom. The highest BCUT2D eigenvalue weighted by Crippen LogP contribution is 2.31. The van der Waals surface area contributed by atoms with Gasteiger partial charge in [-0.25, -0.2) is 13.4 Å². The Balaban J connectivity index is 1.41. The third-order valence-electron chi connectivity index (χ3n) is 8.07. The molecule has 12 nitrogen and oxygen atoms in total. The average Bonchev–Trinajstić information content (AvgIpc) is 3.58. The van der Waals surface area contributed by atoms with Crippen LogP contribution in [0.1, 0.15) is 29.8 Å². The molecule has 2 amide bonds. The van der Waals surface area contributed by atoms with E-state index in [0.29, 0.717) is 5.69 Å². The first-order chi connectivity index (χ1) is 20.9. The van der Waals surface area contributed by atoms with Gasteiger partial charge in [0.05, 0.1) is 37.5 Å². The molecular weight excluding hydrogens is 584 g/mol. The minimum Gasteiger partial charge on any atom is -0.488 e. The number of aryl methyl sites for hydroxylation is 2. The van der Waals surface area contributed by atoms with Crippen molar-refractivity contribution < 1.29 is 27.9 Å². The number of aromatic nitrogens is 3. The Morgan fingerprint density at radius 3 is 2.66 bits per heavy atom. The van der Waals surface area contributed by atoms with E-state index in [0.717, 1.165) is 16.5 Å². The van der Waals surface area contributed by atoms with Crippen LogP contribution in [0.2, 0.25) is 0 Å². The van der Waals surface area contributed by atoms with Crippen LogP contribution < -0.4 is 10.1 Å². The van der Waals surface area contributed by atoms with Crippen LogP contribution in [0.4, 0.5) is 5.69 Å². The number of carbonyl (C=O) groups is 2. The van der Waals surface area contributed by atoms with Gasteiger partial charge < -0.3 is 29.2 Å². The Labute approximate surface area is 256 Å². The topological polar surface area (TPSA) is 139 Å². The lowest BCUT2D eigenvalue weighted by Crippen LogP contribution is -2.50. The Hall–Kier alpha value is -4.20. The SMILES string of the molecule is C[C@@H]1CN([C@H](C)CO)C(=O)c2cc(NC(=O)Cc3cn(C)c4ccccc34)ccc2O[C@@H]1CN(C)S(=O)(=O)c1cn(C)cn1. The van der Waals surface area contributed by atoms with Gasteiger partial charge >= 0.3 is 0 Å². The van der Waals surface area contributed by atoms with Crippen molar-refractivity contribution in [2.45, 2.75) is 37.4 Å². The summed E-state index contributed by atoms with van der Waals surface area (Å²) < 4.78 is 37.5. The van der Waals surface area contributed by atoms with E-state index in [1.165, 1.54) is 23.9 Å². The molecule has 0 bridgehead atoms. The summed E-state index contributed by atoms with van der Waals surface area (Å²) in [5.74, 6) is -0.625. The molecule has 3 atom stereocenters. The molecule has 0 fully saturated rings. The van der Waals surface area contributed by atoms with Gasteiger partial charge in [-0.1, -0.05) is 25.1 Å². The molecule has 5 rings (SSSR count). The lowest BCUT2D eigenvalue weighted by molar-refractivity contribution is -0.115. The van der Waals surface area contributed by atoms with Crippen molar-refractivity contribution in [2.24, 2.45) is 20.0 Å². The van der Waals surface area contributed by atoms with Gasteiger partial charge in [0.1, 0.15) is 11.9 Å². The number of sulfonamides is 1. The number of hydrogen-bond donors (Lipinski definition) is 2. The minimum atomic E-state index is -3.89. The van der Waals surface area contributed by atoms with Crippen LogP contribution in [0, 0.1) is 5.92 Å². The standard InChI is InChI=1S/C31H38N6O6S/c1-20-14-37(21(2)18-38)31(40)25-13-23(33-29(39)12-22-15-35(4)26-9-7-6-8-24(22)26)10-11-27(25)43-28(20)16-36(5)44(41,42)30-17-34(3)19-32-30/h6-11,13,15,17,19-21,28,38H,12,14,16,18H2,1-5H3,(H,33,39)/t20-,21-,28-/m1/s1. The van der Waals surface area contributed by atoms with Crippen LogP contribution in [0.5, 0.6) is 5.75 Å². The zero-order valence-electron chi connectivity index (χ0n) is 25.5. The summed E-state index contributed by atoms with van der Waals surface area (Å²) in [6.07, 6.45) is 4.30. The second kappa shape index (κ2) is 12.4. The molecule has 2 aromatic heterocycles. The summed E-state index contributed by atoms with van der Waals surface area (Å²) in [6.45, 7) is 3.59. The molecule has 0 unspecified atom stereocenters. The Kier molecular flexibility index (Phi) is 8.82. The first kappa shape index (κ1) is 31.2. The van der Waals surface area contributed by atoms with E-state index in [1.807, 2.05) is 49.0 Å². The highest BCUT2D eigenvalue weighted by atomic mass is 32.2. The number of ether oxygens (including phenoxy) is 1. The van der Waals surface area contributed by atoms with Gasteiger partial charge in [0.25, 0.3) is 15.9 Å². The van der Waals surface area contributed by atoms with Crippen LogP contribution in [-0.2, 0) is 35.3 Å². The van der Waals surface area contributed by atoms with Crippen LogP contribution in [-0.4, -0.2) is 87.6 Å². The molecule has 1 aliphatic rings. The first-order valence-corrected chi connectivity index (χ1v) is 15.8. The molecular formula is C31H38N6O6S. The smallest absolute Gasteiger partial charge is 0.261 e. The number of imidazole rings is 1. The predicted molar refractivity (Wildman–Crippen MR) is 166 cm³/mol. The number of para-hydroxylation sites is 1. The van der Waals surface area contributed by atoms with Gasteiger partial charge in [0.15, 0.2) is 5.03 Å². The van der Waals surface area contributed by atoms with E-state index >= 15 is 0 Å². The molecule has 2 aromatic carbocycles. The molecule has 44 heavy (non-hydrogen) atoms. The highest BCUT2D eigenvalue weighted by molar-refractivity contribution is 7.89. The molecule has 0 radical (unpaired) electrons. The second-order valence-electron chi connectivity index (χ2n) is 11.5. The number of nitrogens with one attached hydrogen (secondary N) is 1. The number of aliphatic hydroxyl groups is 1. The molecule has 1 aliphatic heterocycles. The highest BCUT2D eigenvalue weighted by Gasteiger charge is 2.35. The fourth-order valence-electron chi connectivity index (χ4n) is 5.50. The maximum Gasteiger partial charge on any atom is 0.261 e. The van der Waals surface area contributed by atoms with E-state index in [4.69, 9.17) is 4.74 Å². The van der Waals surface area contributed by atoms with Gasteiger partial charge in [-0.3, -0.25) is 9.59 Å². The third kappa shape index (κ3) is 6.21. The molecule has 0 spiro atoms. The fourth-order valence-corrected chi connectivity index (χ4v) is 6.64. The van der Waals surface area contributed by atoms with Crippen molar-refractivity contribution >= 4 is 38.4 Å². The van der Waals surface area contributed by atoms with Crippen molar-refractivity contribution in [1.29, 1.82) is 0 Å². The largest absolute Gasteiger partial charge is 0.488 e. The monoisotopic (exact) mass is 622 g/mol. The normalized spacial score (nSPS) is 18.1. The quantitative estimate of drug-likeness (QED) is 0.293. The summed E-state index contributed by atoms with van der Waals surface area (Å²) in [5.41, 5.74) is 2.54. The van der Waals surface area contributed by atoms with E-state index < -0.39 is 22.2 Å². The van der Waals surface area contributed by atoms with Gasteiger partial charge in [-0.05, 0) is 36.8 Å². The number of benzene rings is 2. The van der Waals surface area contributed by atoms with Gasteiger partial charge in [0, 0.05) is 62.6 Å². The van der Waals surface area contributed by atoms with Crippen molar-refractivity contribution in [3.8, 4) is 5.75 Å². The number of nitrogens with zero attached hydrogens (tertiary/aromatic N) is 5. The number of hydrogen-bond acceptors (Lipinski definition) is 7. The maximum atomic E-state index is 13.8. The molecule has 0 saturated heterocycles. The average molecular weight is 623 g/mol. The van der Waals surface area contributed by atoms with Crippen molar-refractivity contribution in [3.05, 3.63) is 72.3 Å². The summed E-state index contributed by atoms with van der Waals surface area (Å²) in [7, 11) is 1.20. The molecule has 234 valence electrons. The zero-order valence-corrected chi connectivity index (χ0v) is 26.3. The predicted octanol–water partition coefficient (Wildman–Crippen LogP) is 2.63. The second-order valence-corrected chi connectivity index (χ2v) is 13.5. The lowest BCUT2D eigenvalue weighted by Gasteiger charge is -2.38. The number of aliphatic hydroxyl groups excluding tert-OH is 1. The van der Waals surface area contributed by atoms with Crippen molar-refractivity contribution in [3.63, 3.8) is 0 Å². The van der Waals surface area contributed by atoms with Crippen molar-refractivity contribution in [1.82, 2.24) is 23.3 Å². The van der Waals surface area contributed by atoms with Crippen LogP contribution >= 0.6 is 0 Å². The number of anilines is 1. The lowest BCUT2D eigenvalue weighted by atomic mass is 9.99. The number of carbonyl (C=O) groups excluding carboxylic acids is 2. The fraction of sp³-hybridized carbons (Fsp3) is 0.387. The van der Waals surface area contributed by atoms with Crippen LogP contribution in [0.15, 0.2) is 66.2 Å². The molecule has 3 heterocycles. The molecule has 0 saturated carbocycles. The summed E-state index contributed by atoms with van der Waals surface area (Å²) in [5, 5.41) is 13.8. The van der Waals surface area contributed by atoms with Gasteiger partial charge in [-0.15, -0.1) is 0 Å². The molecule has 4 aromatic rings.